The summed E-state index contributed by atoms with van der Waals surface area (Å²) in [6, 6.07) is 6.31. The van der Waals surface area contributed by atoms with Crippen molar-refractivity contribution in [3.05, 3.63) is 28.2 Å². The van der Waals surface area contributed by atoms with Crippen molar-refractivity contribution in [3.63, 3.8) is 0 Å². The zero-order chi connectivity index (χ0) is 9.54. The molecule has 3 rings (SSSR count). The number of rotatable bonds is 0. The molecule has 0 saturated heterocycles. The maximum Gasteiger partial charge on any atom is 0.142 e. The molecule has 2 nitrogen and oxygen atoms in total. The van der Waals surface area contributed by atoms with Crippen molar-refractivity contribution in [3.8, 4) is 0 Å². The molecule has 0 amide bonds. The Morgan fingerprint density at radius 2 is 2.36 bits per heavy atom. The van der Waals surface area contributed by atoms with Crippen molar-refractivity contribution in [1.82, 2.24) is 4.31 Å². The molecule has 0 atom stereocenters. The number of aliphatic imine (C=N–C) groups is 1. The van der Waals surface area contributed by atoms with E-state index in [1.165, 1.54) is 21.4 Å². The second-order valence-electron chi connectivity index (χ2n) is 3.37. The predicted molar refractivity (Wildman–Crippen MR) is 62.7 cm³/mol. The van der Waals surface area contributed by atoms with Crippen molar-refractivity contribution in [2.24, 2.45) is 4.99 Å². The van der Waals surface area contributed by atoms with Crippen LogP contribution in [0.15, 0.2) is 32.6 Å². The molecule has 0 spiro atoms. The topological polar surface area (TPSA) is 15.6 Å². The first-order valence-corrected chi connectivity index (χ1v) is 6.22. The molecule has 0 fully saturated rings. The van der Waals surface area contributed by atoms with Crippen LogP contribution >= 0.6 is 27.9 Å². The second-order valence-corrected chi connectivity index (χ2v) is 5.25. The summed E-state index contributed by atoms with van der Waals surface area (Å²) in [6.07, 6.45) is 1.17. The average molecular weight is 269 g/mol. The van der Waals surface area contributed by atoms with Gasteiger partial charge in [-0.05, 0) is 46.4 Å². The van der Waals surface area contributed by atoms with E-state index < -0.39 is 0 Å². The molecule has 0 N–H and O–H groups in total. The van der Waals surface area contributed by atoms with Gasteiger partial charge in [0.2, 0.25) is 0 Å². The highest BCUT2D eigenvalue weighted by Crippen LogP contribution is 2.41. The van der Waals surface area contributed by atoms with Gasteiger partial charge in [-0.1, -0.05) is 6.07 Å². The van der Waals surface area contributed by atoms with E-state index in [-0.39, 0.29) is 0 Å². The molecule has 2 aliphatic heterocycles. The monoisotopic (exact) mass is 268 g/mol. The van der Waals surface area contributed by atoms with Gasteiger partial charge in [0.25, 0.3) is 0 Å². The van der Waals surface area contributed by atoms with Gasteiger partial charge < -0.3 is 0 Å². The van der Waals surface area contributed by atoms with Gasteiger partial charge >= 0.3 is 0 Å². The van der Waals surface area contributed by atoms with Crippen LogP contribution in [0.1, 0.15) is 12.0 Å². The molecule has 0 bridgehead atoms. The van der Waals surface area contributed by atoms with E-state index in [9.17, 15) is 0 Å². The molecular weight excluding hydrogens is 260 g/mol. The van der Waals surface area contributed by atoms with Gasteiger partial charge in [0.1, 0.15) is 5.84 Å². The van der Waals surface area contributed by atoms with Gasteiger partial charge in [-0.3, -0.25) is 9.30 Å². The standard InChI is InChI=1S/C10H9BrN2S/c11-8-4-1-3-7-9(8)14-13-6-2-5-12-10(7)13/h1,3-4H,2,5-6H2. The van der Waals surface area contributed by atoms with E-state index >= 15 is 0 Å². The second kappa shape index (κ2) is 3.28. The van der Waals surface area contributed by atoms with Gasteiger partial charge in [0.15, 0.2) is 0 Å². The third-order valence-corrected chi connectivity index (χ3v) is 4.55. The number of halogens is 1. The Labute approximate surface area is 95.7 Å². The van der Waals surface area contributed by atoms with Crippen molar-refractivity contribution >= 4 is 33.7 Å². The minimum absolute atomic E-state index is 0.971. The van der Waals surface area contributed by atoms with E-state index in [1.807, 2.05) is 0 Å². The number of hydrogen-bond acceptors (Lipinski definition) is 3. The quantitative estimate of drug-likeness (QED) is 0.673. The SMILES string of the molecule is Brc1cccc2c1SN1CCCN=C21. The molecule has 0 aliphatic carbocycles. The molecule has 0 saturated carbocycles. The molecule has 72 valence electrons. The molecule has 1 aromatic rings. The van der Waals surface area contributed by atoms with Crippen molar-refractivity contribution in [2.75, 3.05) is 13.1 Å². The summed E-state index contributed by atoms with van der Waals surface area (Å²) < 4.78 is 3.47. The lowest BCUT2D eigenvalue weighted by Gasteiger charge is -2.20. The fourth-order valence-corrected chi connectivity index (χ4v) is 3.46. The Morgan fingerprint density at radius 3 is 3.29 bits per heavy atom. The smallest absolute Gasteiger partial charge is 0.142 e. The van der Waals surface area contributed by atoms with Crippen LogP contribution in [0.2, 0.25) is 0 Å². The van der Waals surface area contributed by atoms with Crippen molar-refractivity contribution in [1.29, 1.82) is 0 Å². The van der Waals surface area contributed by atoms with E-state index in [0.29, 0.717) is 0 Å². The Morgan fingerprint density at radius 1 is 1.43 bits per heavy atom. The van der Waals surface area contributed by atoms with Crippen LogP contribution in [0.4, 0.5) is 0 Å². The Balaban J connectivity index is 2.16. The molecule has 0 aromatic heterocycles. The first-order valence-electron chi connectivity index (χ1n) is 4.65. The van der Waals surface area contributed by atoms with Crippen LogP contribution in [0.5, 0.6) is 0 Å². The summed E-state index contributed by atoms with van der Waals surface area (Å²) >= 11 is 5.38. The van der Waals surface area contributed by atoms with Crippen LogP contribution in [-0.4, -0.2) is 23.2 Å². The van der Waals surface area contributed by atoms with Gasteiger partial charge in [-0.15, -0.1) is 0 Å². The molecular formula is C10H9BrN2S. The summed E-state index contributed by atoms with van der Waals surface area (Å²) in [5.41, 5.74) is 1.28. The molecule has 0 radical (unpaired) electrons. The van der Waals surface area contributed by atoms with Crippen molar-refractivity contribution in [2.45, 2.75) is 11.3 Å². The summed E-state index contributed by atoms with van der Waals surface area (Å²) in [6.45, 7) is 2.09. The Kier molecular flexibility index (Phi) is 2.06. The highest BCUT2D eigenvalue weighted by molar-refractivity contribution is 9.10. The lowest BCUT2D eigenvalue weighted by Crippen LogP contribution is -2.26. The molecule has 14 heavy (non-hydrogen) atoms. The highest BCUT2D eigenvalue weighted by atomic mass is 79.9. The number of hydrogen-bond donors (Lipinski definition) is 0. The van der Waals surface area contributed by atoms with Gasteiger partial charge in [-0.25, -0.2) is 0 Å². The number of fused-ring (bicyclic) bond motifs is 3. The fourth-order valence-electron chi connectivity index (χ4n) is 1.78. The summed E-state index contributed by atoms with van der Waals surface area (Å²) in [4.78, 5) is 5.89. The molecule has 4 heteroatoms. The summed E-state index contributed by atoms with van der Waals surface area (Å²) in [7, 11) is 0. The first kappa shape index (κ1) is 8.80. The Hall–Kier alpha value is -0.480. The molecule has 0 unspecified atom stereocenters. The first-order chi connectivity index (χ1) is 6.86. The van der Waals surface area contributed by atoms with Crippen LogP contribution in [-0.2, 0) is 0 Å². The minimum Gasteiger partial charge on any atom is -0.296 e. The fraction of sp³-hybridized carbons (Fsp3) is 0.300. The molecule has 2 heterocycles. The zero-order valence-corrected chi connectivity index (χ0v) is 9.94. The number of nitrogens with zero attached hydrogens (tertiary/aromatic N) is 2. The van der Waals surface area contributed by atoms with Crippen molar-refractivity contribution < 1.29 is 0 Å². The van der Waals surface area contributed by atoms with Crippen LogP contribution < -0.4 is 0 Å². The van der Waals surface area contributed by atoms with E-state index in [1.54, 1.807) is 11.9 Å². The largest absolute Gasteiger partial charge is 0.296 e. The number of amidine groups is 1. The maximum atomic E-state index is 4.57. The van der Waals surface area contributed by atoms with Crippen LogP contribution in [0, 0.1) is 0 Å². The van der Waals surface area contributed by atoms with Gasteiger partial charge in [0.05, 0.1) is 4.90 Å². The van der Waals surface area contributed by atoms with Gasteiger partial charge in [0, 0.05) is 23.1 Å². The van der Waals surface area contributed by atoms with Crippen LogP contribution in [0.25, 0.3) is 0 Å². The average Bonchev–Trinajstić information content (AvgIpc) is 2.59. The highest BCUT2D eigenvalue weighted by Gasteiger charge is 2.29. The molecule has 1 aromatic carbocycles. The third kappa shape index (κ3) is 1.21. The maximum absolute atomic E-state index is 4.57. The molecule has 2 aliphatic rings. The van der Waals surface area contributed by atoms with E-state index in [0.717, 1.165) is 18.9 Å². The lowest BCUT2D eigenvalue weighted by molar-refractivity contribution is 0.603. The van der Waals surface area contributed by atoms with E-state index in [4.69, 9.17) is 0 Å². The lowest BCUT2D eigenvalue weighted by atomic mass is 10.2. The normalized spacial score (nSPS) is 18.9. The predicted octanol–water partition coefficient (Wildman–Crippen LogP) is 2.92. The minimum atomic E-state index is 0.971. The zero-order valence-electron chi connectivity index (χ0n) is 7.53. The summed E-state index contributed by atoms with van der Waals surface area (Å²) in [5.74, 6) is 1.16. The van der Waals surface area contributed by atoms with Crippen LogP contribution in [0.3, 0.4) is 0 Å². The summed E-state index contributed by atoms with van der Waals surface area (Å²) in [5, 5.41) is 0. The van der Waals surface area contributed by atoms with Gasteiger partial charge in [-0.2, -0.15) is 0 Å². The van der Waals surface area contributed by atoms with E-state index in [2.05, 4.69) is 43.4 Å². The third-order valence-electron chi connectivity index (χ3n) is 2.43. The Bertz CT molecular complexity index is 417. The number of benzene rings is 1.